The molecule has 1 aromatic heterocycles. The van der Waals surface area contributed by atoms with Gasteiger partial charge in [-0.2, -0.15) is 5.10 Å². The molecule has 1 heterocycles. The molecule has 0 saturated heterocycles. The van der Waals surface area contributed by atoms with E-state index in [4.69, 9.17) is 0 Å². The Morgan fingerprint density at radius 1 is 1.41 bits per heavy atom. The number of aromatic nitrogens is 2. The van der Waals surface area contributed by atoms with Gasteiger partial charge in [0.15, 0.2) is 0 Å². The van der Waals surface area contributed by atoms with Crippen LogP contribution in [0.2, 0.25) is 0 Å². The SMILES string of the molecule is CCNC(c1cnn(C)c1)c1ccccc1Br. The first kappa shape index (κ1) is 12.3. The maximum atomic E-state index is 4.24. The van der Waals surface area contributed by atoms with Crippen LogP contribution >= 0.6 is 15.9 Å². The quantitative estimate of drug-likeness (QED) is 0.939. The molecule has 0 saturated carbocycles. The Kier molecular flexibility index (Phi) is 3.97. The molecule has 1 unspecified atom stereocenters. The molecule has 1 N–H and O–H groups in total. The highest BCUT2D eigenvalue weighted by molar-refractivity contribution is 9.10. The van der Waals surface area contributed by atoms with E-state index in [1.54, 1.807) is 0 Å². The number of hydrogen-bond donors (Lipinski definition) is 1. The summed E-state index contributed by atoms with van der Waals surface area (Å²) in [6, 6.07) is 8.46. The second-order valence-corrected chi connectivity index (χ2v) is 4.81. The highest BCUT2D eigenvalue weighted by atomic mass is 79.9. The Morgan fingerprint density at radius 3 is 2.76 bits per heavy atom. The third kappa shape index (κ3) is 2.76. The Hall–Kier alpha value is -1.13. The fraction of sp³-hybridized carbons (Fsp3) is 0.308. The van der Waals surface area contributed by atoms with Crippen molar-refractivity contribution in [3.05, 3.63) is 52.3 Å². The van der Waals surface area contributed by atoms with Crippen LogP contribution < -0.4 is 5.32 Å². The molecule has 0 amide bonds. The van der Waals surface area contributed by atoms with Gasteiger partial charge in [-0.1, -0.05) is 41.1 Å². The van der Waals surface area contributed by atoms with Gasteiger partial charge in [0.05, 0.1) is 12.2 Å². The van der Waals surface area contributed by atoms with E-state index in [9.17, 15) is 0 Å². The van der Waals surface area contributed by atoms with E-state index in [1.165, 1.54) is 11.1 Å². The van der Waals surface area contributed by atoms with Crippen LogP contribution in [0.5, 0.6) is 0 Å². The monoisotopic (exact) mass is 293 g/mol. The summed E-state index contributed by atoms with van der Waals surface area (Å²) >= 11 is 3.60. The van der Waals surface area contributed by atoms with E-state index in [1.807, 2.05) is 30.2 Å². The molecule has 0 aliphatic carbocycles. The summed E-state index contributed by atoms with van der Waals surface area (Å²) in [6.07, 6.45) is 3.96. The van der Waals surface area contributed by atoms with Crippen molar-refractivity contribution >= 4 is 15.9 Å². The van der Waals surface area contributed by atoms with Crippen LogP contribution in [0.15, 0.2) is 41.1 Å². The Balaban J connectivity index is 2.39. The molecule has 0 fully saturated rings. The number of nitrogens with one attached hydrogen (secondary N) is 1. The van der Waals surface area contributed by atoms with Crippen molar-refractivity contribution in [3.8, 4) is 0 Å². The first-order valence-corrected chi connectivity index (χ1v) is 6.48. The van der Waals surface area contributed by atoms with Crippen molar-refractivity contribution < 1.29 is 0 Å². The average molecular weight is 294 g/mol. The van der Waals surface area contributed by atoms with Gasteiger partial charge >= 0.3 is 0 Å². The minimum Gasteiger partial charge on any atom is -0.306 e. The molecule has 0 aliphatic rings. The first-order chi connectivity index (χ1) is 8.22. The molecular formula is C13H16BrN3. The molecule has 2 aromatic rings. The number of nitrogens with zero attached hydrogens (tertiary/aromatic N) is 2. The molecule has 0 radical (unpaired) electrons. The van der Waals surface area contributed by atoms with Gasteiger partial charge in [-0.15, -0.1) is 0 Å². The van der Waals surface area contributed by atoms with Gasteiger partial charge in [-0.3, -0.25) is 4.68 Å². The Labute approximate surface area is 110 Å². The normalized spacial score (nSPS) is 12.6. The summed E-state index contributed by atoms with van der Waals surface area (Å²) in [5, 5.41) is 7.72. The van der Waals surface area contributed by atoms with E-state index in [0.29, 0.717) is 0 Å². The Bertz CT molecular complexity index is 493. The molecule has 1 atom stereocenters. The third-order valence-corrected chi connectivity index (χ3v) is 3.40. The van der Waals surface area contributed by atoms with Gasteiger partial charge in [0.25, 0.3) is 0 Å². The lowest BCUT2D eigenvalue weighted by Gasteiger charge is -2.18. The maximum absolute atomic E-state index is 4.24. The molecular weight excluding hydrogens is 278 g/mol. The Morgan fingerprint density at radius 2 is 2.18 bits per heavy atom. The van der Waals surface area contributed by atoms with Crippen LogP contribution in [0.1, 0.15) is 24.1 Å². The molecule has 4 heteroatoms. The van der Waals surface area contributed by atoms with Crippen molar-refractivity contribution in [2.45, 2.75) is 13.0 Å². The predicted octanol–water partition coefficient (Wildman–Crippen LogP) is 2.88. The summed E-state index contributed by atoms with van der Waals surface area (Å²) in [5.41, 5.74) is 2.42. The predicted molar refractivity (Wildman–Crippen MR) is 72.9 cm³/mol. The summed E-state index contributed by atoms with van der Waals surface area (Å²) in [5.74, 6) is 0. The molecule has 0 aliphatic heterocycles. The van der Waals surface area contributed by atoms with Gasteiger partial charge in [0.2, 0.25) is 0 Å². The molecule has 90 valence electrons. The molecule has 0 bridgehead atoms. The fourth-order valence-corrected chi connectivity index (χ4v) is 2.42. The standard InChI is InChI=1S/C13H16BrN3/c1-3-15-13(10-8-16-17(2)9-10)11-6-4-5-7-12(11)14/h4-9,13,15H,3H2,1-2H3. The first-order valence-electron chi connectivity index (χ1n) is 5.68. The smallest absolute Gasteiger partial charge is 0.0618 e. The summed E-state index contributed by atoms with van der Waals surface area (Å²) in [6.45, 7) is 3.03. The van der Waals surface area contributed by atoms with Crippen LogP contribution in [0.3, 0.4) is 0 Å². The van der Waals surface area contributed by atoms with Gasteiger partial charge in [0, 0.05) is 23.3 Å². The van der Waals surface area contributed by atoms with Crippen LogP contribution in [-0.2, 0) is 7.05 Å². The van der Waals surface area contributed by atoms with Crippen molar-refractivity contribution in [3.63, 3.8) is 0 Å². The largest absolute Gasteiger partial charge is 0.306 e. The van der Waals surface area contributed by atoms with Crippen LogP contribution in [-0.4, -0.2) is 16.3 Å². The van der Waals surface area contributed by atoms with E-state index >= 15 is 0 Å². The maximum Gasteiger partial charge on any atom is 0.0618 e. The highest BCUT2D eigenvalue weighted by Gasteiger charge is 2.16. The average Bonchev–Trinajstić information content (AvgIpc) is 2.74. The topological polar surface area (TPSA) is 29.9 Å². The lowest BCUT2D eigenvalue weighted by Crippen LogP contribution is -2.22. The summed E-state index contributed by atoms with van der Waals surface area (Å²) in [7, 11) is 1.94. The molecule has 17 heavy (non-hydrogen) atoms. The van der Waals surface area contributed by atoms with E-state index in [-0.39, 0.29) is 6.04 Å². The second-order valence-electron chi connectivity index (χ2n) is 3.96. The molecule has 2 rings (SSSR count). The van der Waals surface area contributed by atoms with Crippen molar-refractivity contribution in [1.29, 1.82) is 0 Å². The fourth-order valence-electron chi connectivity index (χ4n) is 1.91. The van der Waals surface area contributed by atoms with Gasteiger partial charge in [-0.05, 0) is 18.2 Å². The lowest BCUT2D eigenvalue weighted by molar-refractivity contribution is 0.627. The minimum atomic E-state index is 0.185. The molecule has 3 nitrogen and oxygen atoms in total. The van der Waals surface area contributed by atoms with E-state index in [0.717, 1.165) is 11.0 Å². The number of rotatable bonds is 4. The van der Waals surface area contributed by atoms with Crippen molar-refractivity contribution in [2.24, 2.45) is 7.05 Å². The van der Waals surface area contributed by atoms with E-state index < -0.39 is 0 Å². The highest BCUT2D eigenvalue weighted by Crippen LogP contribution is 2.27. The number of hydrogen-bond acceptors (Lipinski definition) is 2. The zero-order chi connectivity index (χ0) is 12.3. The number of halogens is 1. The molecule has 1 aromatic carbocycles. The zero-order valence-corrected chi connectivity index (χ0v) is 11.6. The van der Waals surface area contributed by atoms with Crippen molar-refractivity contribution in [2.75, 3.05) is 6.54 Å². The van der Waals surface area contributed by atoms with Crippen LogP contribution in [0.25, 0.3) is 0 Å². The van der Waals surface area contributed by atoms with Gasteiger partial charge < -0.3 is 5.32 Å². The van der Waals surface area contributed by atoms with Gasteiger partial charge in [-0.25, -0.2) is 0 Å². The second kappa shape index (κ2) is 5.47. The minimum absolute atomic E-state index is 0.185. The summed E-state index contributed by atoms with van der Waals surface area (Å²) in [4.78, 5) is 0. The van der Waals surface area contributed by atoms with Gasteiger partial charge in [0.1, 0.15) is 0 Å². The van der Waals surface area contributed by atoms with Crippen LogP contribution in [0.4, 0.5) is 0 Å². The van der Waals surface area contributed by atoms with E-state index in [2.05, 4.69) is 51.5 Å². The zero-order valence-electron chi connectivity index (χ0n) is 10.0. The number of aryl methyl sites for hydroxylation is 1. The molecule has 0 spiro atoms. The number of benzene rings is 1. The lowest BCUT2D eigenvalue weighted by atomic mass is 10.0. The third-order valence-electron chi connectivity index (χ3n) is 2.68. The van der Waals surface area contributed by atoms with Crippen LogP contribution in [0, 0.1) is 0 Å². The summed E-state index contributed by atoms with van der Waals surface area (Å²) < 4.78 is 2.95. The van der Waals surface area contributed by atoms with Crippen molar-refractivity contribution in [1.82, 2.24) is 15.1 Å².